The molecule has 1 heterocycles. The lowest BCUT2D eigenvalue weighted by Gasteiger charge is -2.36. The van der Waals surface area contributed by atoms with Gasteiger partial charge in [0.25, 0.3) is 0 Å². The van der Waals surface area contributed by atoms with Gasteiger partial charge in [-0.05, 0) is 5.56 Å². The molecule has 3 heteroatoms. The number of hydrogen-bond acceptors (Lipinski definition) is 2. The van der Waals surface area contributed by atoms with E-state index in [1.165, 1.54) is 5.56 Å². The molecule has 1 aliphatic heterocycles. The van der Waals surface area contributed by atoms with Crippen molar-refractivity contribution in [2.24, 2.45) is 5.92 Å². The molecule has 0 bridgehead atoms. The lowest BCUT2D eigenvalue weighted by atomic mass is 9.95. The Morgan fingerprint density at radius 2 is 2.00 bits per heavy atom. The van der Waals surface area contributed by atoms with Crippen LogP contribution in [-0.2, 0) is 6.54 Å². The van der Waals surface area contributed by atoms with Gasteiger partial charge in [-0.2, -0.15) is 0 Å². The molecule has 0 radical (unpaired) electrons. The summed E-state index contributed by atoms with van der Waals surface area (Å²) in [4.78, 5) is 2.11. The van der Waals surface area contributed by atoms with Crippen molar-refractivity contribution >= 4 is 0 Å². The van der Waals surface area contributed by atoms with Crippen LogP contribution in [0.3, 0.4) is 0 Å². The second kappa shape index (κ2) is 4.93. The van der Waals surface area contributed by atoms with Crippen LogP contribution in [-0.4, -0.2) is 35.4 Å². The third-order valence-electron chi connectivity index (χ3n) is 3.15. The van der Waals surface area contributed by atoms with Crippen LogP contribution in [0.5, 0.6) is 0 Å². The summed E-state index contributed by atoms with van der Waals surface area (Å²) in [6, 6.07) is 10.1. The Labute approximate surface area is 95.7 Å². The van der Waals surface area contributed by atoms with Crippen molar-refractivity contribution in [1.29, 1.82) is 0 Å². The molecule has 1 aromatic rings. The number of rotatable bonds is 2. The van der Waals surface area contributed by atoms with Crippen LogP contribution < -0.4 is 0 Å². The molecule has 1 aromatic carbocycles. The molecule has 16 heavy (non-hydrogen) atoms. The van der Waals surface area contributed by atoms with Gasteiger partial charge in [-0.25, -0.2) is 4.39 Å². The zero-order chi connectivity index (χ0) is 11.5. The minimum Gasteiger partial charge on any atom is -0.389 e. The number of piperidine rings is 1. The molecule has 1 saturated heterocycles. The average molecular weight is 223 g/mol. The van der Waals surface area contributed by atoms with Crippen molar-refractivity contribution < 1.29 is 9.50 Å². The molecule has 2 nitrogen and oxygen atoms in total. The van der Waals surface area contributed by atoms with E-state index >= 15 is 0 Å². The fraction of sp³-hybridized carbons (Fsp3) is 0.538. The van der Waals surface area contributed by atoms with Crippen molar-refractivity contribution in [3.05, 3.63) is 35.9 Å². The molecule has 0 aromatic heterocycles. The molecule has 0 spiro atoms. The molecule has 1 fully saturated rings. The monoisotopic (exact) mass is 223 g/mol. The topological polar surface area (TPSA) is 23.5 Å². The number of halogens is 1. The Bertz CT molecular complexity index is 318. The zero-order valence-corrected chi connectivity index (χ0v) is 9.51. The Kier molecular flexibility index (Phi) is 3.56. The third-order valence-corrected chi connectivity index (χ3v) is 3.15. The van der Waals surface area contributed by atoms with Crippen LogP contribution in [0.15, 0.2) is 30.3 Å². The van der Waals surface area contributed by atoms with E-state index < -0.39 is 12.3 Å². The third kappa shape index (κ3) is 2.60. The summed E-state index contributed by atoms with van der Waals surface area (Å²) in [5.41, 5.74) is 1.21. The van der Waals surface area contributed by atoms with Gasteiger partial charge in [-0.1, -0.05) is 37.3 Å². The van der Waals surface area contributed by atoms with E-state index in [2.05, 4.69) is 17.0 Å². The van der Waals surface area contributed by atoms with Crippen LogP contribution in [0.1, 0.15) is 12.5 Å². The van der Waals surface area contributed by atoms with Crippen molar-refractivity contribution in [3.63, 3.8) is 0 Å². The first-order valence-corrected chi connectivity index (χ1v) is 5.75. The van der Waals surface area contributed by atoms with Gasteiger partial charge in [0.15, 0.2) is 0 Å². The van der Waals surface area contributed by atoms with E-state index in [-0.39, 0.29) is 5.92 Å². The Morgan fingerprint density at radius 1 is 1.31 bits per heavy atom. The molecule has 3 atom stereocenters. The van der Waals surface area contributed by atoms with E-state index in [1.807, 2.05) is 25.1 Å². The predicted molar refractivity (Wildman–Crippen MR) is 61.8 cm³/mol. The van der Waals surface area contributed by atoms with Crippen LogP contribution in [0.2, 0.25) is 0 Å². The van der Waals surface area contributed by atoms with E-state index in [4.69, 9.17) is 0 Å². The van der Waals surface area contributed by atoms with Gasteiger partial charge in [-0.3, -0.25) is 4.90 Å². The molecular weight excluding hydrogens is 205 g/mol. The van der Waals surface area contributed by atoms with Crippen molar-refractivity contribution in [2.75, 3.05) is 13.1 Å². The highest BCUT2D eigenvalue weighted by molar-refractivity contribution is 5.14. The Hall–Kier alpha value is -0.930. The second-order valence-corrected chi connectivity index (χ2v) is 4.67. The van der Waals surface area contributed by atoms with E-state index in [1.54, 1.807) is 0 Å². The number of likely N-dealkylation sites (tertiary alicyclic amines) is 1. The molecular formula is C13H18FNO. The standard InChI is InChI=1S/C13H18FNO/c1-10-7-15(9-12(16)13(10)14)8-11-5-3-2-4-6-11/h2-6,10,12-13,16H,7-9H2,1H3/t10-,12+,13-/m1/s1. The molecule has 0 aliphatic carbocycles. The van der Waals surface area contributed by atoms with Crippen molar-refractivity contribution in [3.8, 4) is 0 Å². The first kappa shape index (κ1) is 11.6. The zero-order valence-electron chi connectivity index (χ0n) is 9.51. The molecule has 0 unspecified atom stereocenters. The summed E-state index contributed by atoms with van der Waals surface area (Å²) in [5, 5.41) is 9.58. The van der Waals surface area contributed by atoms with Crippen LogP contribution in [0.4, 0.5) is 4.39 Å². The van der Waals surface area contributed by atoms with Gasteiger partial charge in [-0.15, -0.1) is 0 Å². The van der Waals surface area contributed by atoms with Crippen molar-refractivity contribution in [2.45, 2.75) is 25.7 Å². The minimum atomic E-state index is -1.08. The van der Waals surface area contributed by atoms with E-state index in [0.29, 0.717) is 13.1 Å². The maximum Gasteiger partial charge on any atom is 0.131 e. The number of nitrogens with zero attached hydrogens (tertiary/aromatic N) is 1. The number of hydrogen-bond donors (Lipinski definition) is 1. The highest BCUT2D eigenvalue weighted by atomic mass is 19.1. The first-order chi connectivity index (χ1) is 7.66. The van der Waals surface area contributed by atoms with E-state index in [0.717, 1.165) is 6.54 Å². The van der Waals surface area contributed by atoms with Gasteiger partial charge in [0.2, 0.25) is 0 Å². The van der Waals surface area contributed by atoms with Crippen LogP contribution in [0, 0.1) is 5.92 Å². The quantitative estimate of drug-likeness (QED) is 0.827. The molecule has 88 valence electrons. The highest BCUT2D eigenvalue weighted by Crippen LogP contribution is 2.21. The predicted octanol–water partition coefficient (Wildman–Crippen LogP) is 1.84. The second-order valence-electron chi connectivity index (χ2n) is 4.67. The SMILES string of the molecule is C[C@@H]1CN(Cc2ccccc2)C[C@H](O)[C@@H]1F. The average Bonchev–Trinajstić information content (AvgIpc) is 2.27. The lowest BCUT2D eigenvalue weighted by molar-refractivity contribution is -0.0297. The van der Waals surface area contributed by atoms with Gasteiger partial charge in [0.05, 0.1) is 6.10 Å². The summed E-state index contributed by atoms with van der Waals surface area (Å²) in [7, 11) is 0. The number of alkyl halides is 1. The van der Waals surface area contributed by atoms with Crippen molar-refractivity contribution in [1.82, 2.24) is 4.90 Å². The normalized spacial score (nSPS) is 31.6. The summed E-state index contributed by atoms with van der Waals surface area (Å²) >= 11 is 0. The fourth-order valence-electron chi connectivity index (χ4n) is 2.30. The molecule has 1 aliphatic rings. The fourth-order valence-corrected chi connectivity index (χ4v) is 2.30. The highest BCUT2D eigenvalue weighted by Gasteiger charge is 2.33. The summed E-state index contributed by atoms with van der Waals surface area (Å²) < 4.78 is 13.4. The van der Waals surface area contributed by atoms with Gasteiger partial charge < -0.3 is 5.11 Å². The largest absolute Gasteiger partial charge is 0.389 e. The van der Waals surface area contributed by atoms with Gasteiger partial charge in [0, 0.05) is 25.6 Å². The maximum absolute atomic E-state index is 13.4. The van der Waals surface area contributed by atoms with Gasteiger partial charge in [0.1, 0.15) is 6.17 Å². The number of aliphatic hydroxyl groups is 1. The number of benzene rings is 1. The lowest BCUT2D eigenvalue weighted by Crippen LogP contribution is -2.49. The summed E-state index contributed by atoms with van der Waals surface area (Å²) in [6.45, 7) is 3.79. The molecule has 0 amide bonds. The Balaban J connectivity index is 1.97. The number of β-amino-alcohol motifs (C(OH)–C–C–N with tert-alkyl or cyclic N) is 1. The van der Waals surface area contributed by atoms with E-state index in [9.17, 15) is 9.50 Å². The molecule has 1 N–H and O–H groups in total. The Morgan fingerprint density at radius 3 is 2.62 bits per heavy atom. The first-order valence-electron chi connectivity index (χ1n) is 5.75. The van der Waals surface area contributed by atoms with Gasteiger partial charge >= 0.3 is 0 Å². The van der Waals surface area contributed by atoms with Crippen LogP contribution in [0.25, 0.3) is 0 Å². The summed E-state index contributed by atoms with van der Waals surface area (Å²) in [6.07, 6.45) is -1.92. The summed E-state index contributed by atoms with van der Waals surface area (Å²) in [5.74, 6) is -0.0903. The van der Waals surface area contributed by atoms with Crippen LogP contribution >= 0.6 is 0 Å². The molecule has 0 saturated carbocycles. The smallest absolute Gasteiger partial charge is 0.131 e. The molecule has 2 rings (SSSR count). The maximum atomic E-state index is 13.4. The number of aliphatic hydroxyl groups excluding tert-OH is 1. The minimum absolute atomic E-state index is 0.0903.